The van der Waals surface area contributed by atoms with Crippen molar-refractivity contribution in [3.05, 3.63) is 46.4 Å². The molecule has 0 spiro atoms. The van der Waals surface area contributed by atoms with E-state index in [2.05, 4.69) is 36.3 Å². The molecule has 2 aromatic rings. The van der Waals surface area contributed by atoms with Gasteiger partial charge in [-0.3, -0.25) is 0 Å². The molecule has 0 amide bonds. The highest BCUT2D eigenvalue weighted by atomic mass is 32.1. The van der Waals surface area contributed by atoms with Crippen molar-refractivity contribution in [2.45, 2.75) is 33.0 Å². The molecular formula is C14H18N2OS. The largest absolute Gasteiger partial charge is 0.487 e. The third kappa shape index (κ3) is 4.13. The second-order valence-corrected chi connectivity index (χ2v) is 5.17. The van der Waals surface area contributed by atoms with Crippen LogP contribution in [0, 0.1) is 0 Å². The quantitative estimate of drug-likeness (QED) is 0.868. The summed E-state index contributed by atoms with van der Waals surface area (Å²) in [6.45, 7) is 5.68. The molecule has 0 atom stereocenters. The molecule has 0 aliphatic heterocycles. The lowest BCUT2D eigenvalue weighted by Crippen LogP contribution is -2.21. The van der Waals surface area contributed by atoms with Crippen molar-refractivity contribution in [1.82, 2.24) is 10.3 Å². The zero-order valence-electron chi connectivity index (χ0n) is 10.7. The molecule has 0 saturated heterocycles. The molecule has 0 aliphatic carbocycles. The van der Waals surface area contributed by atoms with Crippen molar-refractivity contribution in [2.75, 3.05) is 0 Å². The Morgan fingerprint density at radius 2 is 2.28 bits per heavy atom. The van der Waals surface area contributed by atoms with Gasteiger partial charge in [-0.15, -0.1) is 11.3 Å². The molecule has 3 nitrogen and oxygen atoms in total. The minimum atomic E-state index is 0.490. The predicted octanol–water partition coefficient (Wildman–Crippen LogP) is 3.22. The maximum atomic E-state index is 5.71. The summed E-state index contributed by atoms with van der Waals surface area (Å²) < 4.78 is 5.71. The van der Waals surface area contributed by atoms with Gasteiger partial charge in [0.15, 0.2) is 0 Å². The van der Waals surface area contributed by atoms with Gasteiger partial charge >= 0.3 is 0 Å². The molecule has 1 aromatic heterocycles. The number of hydrogen-bond acceptors (Lipinski definition) is 4. The fourth-order valence-corrected chi connectivity index (χ4v) is 2.08. The van der Waals surface area contributed by atoms with Gasteiger partial charge in [-0.05, 0) is 17.7 Å². The topological polar surface area (TPSA) is 34.1 Å². The zero-order valence-corrected chi connectivity index (χ0v) is 11.5. The Labute approximate surface area is 112 Å². The van der Waals surface area contributed by atoms with Crippen LogP contribution < -0.4 is 10.1 Å². The van der Waals surface area contributed by atoms with E-state index in [-0.39, 0.29) is 0 Å². The van der Waals surface area contributed by atoms with E-state index in [1.54, 1.807) is 11.3 Å². The Balaban J connectivity index is 1.90. The number of nitrogens with zero attached hydrogens (tertiary/aromatic N) is 1. The van der Waals surface area contributed by atoms with Crippen LogP contribution in [-0.2, 0) is 13.2 Å². The van der Waals surface area contributed by atoms with Crippen molar-refractivity contribution in [3.63, 3.8) is 0 Å². The molecule has 0 aliphatic rings. The van der Waals surface area contributed by atoms with Gasteiger partial charge in [-0.1, -0.05) is 26.0 Å². The third-order valence-electron chi connectivity index (χ3n) is 2.48. The van der Waals surface area contributed by atoms with Gasteiger partial charge in [0.25, 0.3) is 0 Å². The fourth-order valence-electron chi connectivity index (χ4n) is 1.53. The average Bonchev–Trinajstić information content (AvgIpc) is 2.87. The number of thiazole rings is 1. The smallest absolute Gasteiger partial charge is 0.131 e. The van der Waals surface area contributed by atoms with Gasteiger partial charge in [-0.25, -0.2) is 4.98 Å². The summed E-state index contributed by atoms with van der Waals surface area (Å²) in [5, 5.41) is 5.40. The van der Waals surface area contributed by atoms with E-state index in [0.717, 1.165) is 18.0 Å². The number of benzene rings is 1. The van der Waals surface area contributed by atoms with Gasteiger partial charge in [-0.2, -0.15) is 0 Å². The second-order valence-electron chi connectivity index (χ2n) is 4.45. The Kier molecular flexibility index (Phi) is 4.73. The molecule has 1 aromatic carbocycles. The molecule has 0 radical (unpaired) electrons. The lowest BCUT2D eigenvalue weighted by Gasteiger charge is -2.10. The number of hydrogen-bond donors (Lipinski definition) is 1. The van der Waals surface area contributed by atoms with E-state index in [1.807, 2.05) is 23.0 Å². The van der Waals surface area contributed by atoms with Crippen LogP contribution in [0.3, 0.4) is 0 Å². The van der Waals surface area contributed by atoms with Crippen LogP contribution >= 0.6 is 11.3 Å². The van der Waals surface area contributed by atoms with E-state index in [4.69, 9.17) is 4.74 Å². The summed E-state index contributed by atoms with van der Waals surface area (Å²) in [6, 6.07) is 8.66. The van der Waals surface area contributed by atoms with E-state index < -0.39 is 0 Å². The van der Waals surface area contributed by atoms with Crippen LogP contribution in [0.1, 0.15) is 25.1 Å². The molecule has 4 heteroatoms. The molecular weight excluding hydrogens is 244 g/mol. The molecule has 0 unspecified atom stereocenters. The highest BCUT2D eigenvalue weighted by Crippen LogP contribution is 2.15. The van der Waals surface area contributed by atoms with Crippen molar-refractivity contribution in [1.29, 1.82) is 0 Å². The van der Waals surface area contributed by atoms with Crippen LogP contribution in [-0.4, -0.2) is 11.0 Å². The summed E-state index contributed by atoms with van der Waals surface area (Å²) >= 11 is 1.59. The monoisotopic (exact) mass is 262 g/mol. The summed E-state index contributed by atoms with van der Waals surface area (Å²) in [5.74, 6) is 0.894. The summed E-state index contributed by atoms with van der Waals surface area (Å²) in [6.07, 6.45) is 0. The maximum Gasteiger partial charge on any atom is 0.131 e. The first-order valence-corrected chi connectivity index (χ1v) is 7.00. The van der Waals surface area contributed by atoms with E-state index >= 15 is 0 Å². The molecule has 1 heterocycles. The Hall–Kier alpha value is -1.39. The minimum Gasteiger partial charge on any atom is -0.487 e. The average molecular weight is 262 g/mol. The number of rotatable bonds is 6. The second kappa shape index (κ2) is 6.52. The molecule has 18 heavy (non-hydrogen) atoms. The van der Waals surface area contributed by atoms with Crippen molar-refractivity contribution >= 4 is 11.3 Å². The van der Waals surface area contributed by atoms with Crippen LogP contribution in [0.5, 0.6) is 5.75 Å². The van der Waals surface area contributed by atoms with Crippen LogP contribution in [0.15, 0.2) is 35.2 Å². The van der Waals surface area contributed by atoms with Crippen LogP contribution in [0.4, 0.5) is 0 Å². The minimum absolute atomic E-state index is 0.490. The van der Waals surface area contributed by atoms with Gasteiger partial charge in [0.2, 0.25) is 0 Å². The molecule has 96 valence electrons. The molecule has 0 saturated carbocycles. The third-order valence-corrected chi connectivity index (χ3v) is 3.12. The molecule has 0 bridgehead atoms. The first-order chi connectivity index (χ1) is 8.74. The first kappa shape index (κ1) is 13.1. The van der Waals surface area contributed by atoms with Crippen molar-refractivity contribution in [3.8, 4) is 5.75 Å². The van der Waals surface area contributed by atoms with Gasteiger partial charge in [0.05, 0.1) is 11.2 Å². The van der Waals surface area contributed by atoms with E-state index in [0.29, 0.717) is 12.6 Å². The number of aromatic nitrogens is 1. The Morgan fingerprint density at radius 1 is 1.39 bits per heavy atom. The SMILES string of the molecule is CC(C)NCc1cccc(OCc2cscn2)c1. The lowest BCUT2D eigenvalue weighted by molar-refractivity contribution is 0.301. The van der Waals surface area contributed by atoms with Gasteiger partial charge in [0, 0.05) is 18.0 Å². The van der Waals surface area contributed by atoms with Crippen LogP contribution in [0.25, 0.3) is 0 Å². The molecule has 1 N–H and O–H groups in total. The van der Waals surface area contributed by atoms with Gasteiger partial charge in [0.1, 0.15) is 12.4 Å². The molecule has 0 fully saturated rings. The summed E-state index contributed by atoms with van der Waals surface area (Å²) in [5.41, 5.74) is 4.03. The summed E-state index contributed by atoms with van der Waals surface area (Å²) in [4.78, 5) is 4.19. The van der Waals surface area contributed by atoms with Crippen LogP contribution in [0.2, 0.25) is 0 Å². The summed E-state index contributed by atoms with van der Waals surface area (Å²) in [7, 11) is 0. The van der Waals surface area contributed by atoms with Crippen molar-refractivity contribution in [2.24, 2.45) is 0 Å². The first-order valence-electron chi connectivity index (χ1n) is 6.06. The normalized spacial score (nSPS) is 10.8. The number of ether oxygens (including phenoxy) is 1. The fraction of sp³-hybridized carbons (Fsp3) is 0.357. The highest BCUT2D eigenvalue weighted by molar-refractivity contribution is 7.07. The maximum absolute atomic E-state index is 5.71. The highest BCUT2D eigenvalue weighted by Gasteiger charge is 2.00. The Bertz CT molecular complexity index is 468. The Morgan fingerprint density at radius 3 is 3.00 bits per heavy atom. The zero-order chi connectivity index (χ0) is 12.8. The van der Waals surface area contributed by atoms with Crippen molar-refractivity contribution < 1.29 is 4.74 Å². The van der Waals surface area contributed by atoms with Gasteiger partial charge < -0.3 is 10.1 Å². The lowest BCUT2D eigenvalue weighted by atomic mass is 10.2. The van der Waals surface area contributed by atoms with E-state index in [9.17, 15) is 0 Å². The predicted molar refractivity (Wildman–Crippen MR) is 74.9 cm³/mol. The standard InChI is InChI=1S/C14H18N2OS/c1-11(2)15-7-12-4-3-5-14(6-12)17-8-13-9-18-10-16-13/h3-6,9-11,15H,7-8H2,1-2H3. The number of nitrogens with one attached hydrogen (secondary N) is 1. The van der Waals surface area contributed by atoms with E-state index in [1.165, 1.54) is 5.56 Å². The molecule has 2 rings (SSSR count).